The molecule has 1 rings (SSSR count). The molecule has 136 valence electrons. The lowest BCUT2D eigenvalue weighted by Crippen LogP contribution is -2.44. The maximum Gasteiger partial charge on any atom is 0.534 e. The Balaban J connectivity index is 2.83. The number of halogens is 4. The Labute approximate surface area is 144 Å². The first-order chi connectivity index (χ1) is 10.1. The van der Waals surface area contributed by atoms with E-state index in [1.165, 1.54) is 0 Å². The third kappa shape index (κ3) is 5.20. The van der Waals surface area contributed by atoms with Crippen LogP contribution in [0.5, 0.6) is 0 Å². The molecule has 0 bridgehead atoms. The van der Waals surface area contributed by atoms with E-state index < -0.39 is 23.9 Å². The van der Waals surface area contributed by atoms with Crippen molar-refractivity contribution in [3.05, 3.63) is 10.2 Å². The van der Waals surface area contributed by atoms with Crippen LogP contribution in [-0.2, 0) is 18.7 Å². The van der Waals surface area contributed by atoms with Gasteiger partial charge in [0.15, 0.2) is 8.32 Å². The summed E-state index contributed by atoms with van der Waals surface area (Å²) in [6.07, 6.45) is 0.639. The van der Waals surface area contributed by atoms with Crippen LogP contribution >= 0.6 is 15.9 Å². The van der Waals surface area contributed by atoms with E-state index in [-0.39, 0.29) is 23.3 Å². The fourth-order valence-electron chi connectivity index (χ4n) is 1.80. The lowest BCUT2D eigenvalue weighted by atomic mass is 10.0. The minimum absolute atomic E-state index is 0.0135. The van der Waals surface area contributed by atoms with Crippen LogP contribution in [0.2, 0.25) is 18.1 Å². The first-order valence-electron chi connectivity index (χ1n) is 7.13. The van der Waals surface area contributed by atoms with Gasteiger partial charge in [-0.1, -0.05) is 36.7 Å². The molecule has 0 saturated carbocycles. The monoisotopic (exact) mass is 438 g/mol. The number of hydrogen-bond donors (Lipinski definition) is 0. The molecule has 10 heteroatoms. The zero-order valence-corrected chi connectivity index (χ0v) is 17.2. The molecule has 1 atom stereocenters. The van der Waals surface area contributed by atoms with Gasteiger partial charge in [-0.15, -0.1) is 0 Å². The van der Waals surface area contributed by atoms with Gasteiger partial charge in [-0.3, -0.25) is 0 Å². The fraction of sp³-hybridized carbons (Fsp3) is 0.846. The van der Waals surface area contributed by atoms with E-state index in [0.717, 1.165) is 0 Å². The Kier molecular flexibility index (Phi) is 6.09. The summed E-state index contributed by atoms with van der Waals surface area (Å²) in [6, 6.07) is 0. The van der Waals surface area contributed by atoms with Gasteiger partial charge in [-0.25, -0.2) is 0 Å². The number of hydrogen-bond acceptors (Lipinski definition) is 4. The first kappa shape index (κ1) is 21.0. The second-order valence-corrected chi connectivity index (χ2v) is 14.3. The maximum atomic E-state index is 12.4. The fourth-order valence-corrected chi connectivity index (χ4v) is 4.48. The minimum atomic E-state index is -5.63. The van der Waals surface area contributed by atoms with Crippen molar-refractivity contribution in [2.45, 2.75) is 69.8 Å². The molecule has 0 radical (unpaired) electrons. The van der Waals surface area contributed by atoms with Gasteiger partial charge in [-0.05, 0) is 24.6 Å². The van der Waals surface area contributed by atoms with E-state index in [2.05, 4.69) is 54.0 Å². The smallest absolute Gasteiger partial charge is 0.414 e. The summed E-state index contributed by atoms with van der Waals surface area (Å²) in [5.41, 5.74) is -5.43. The molecular weight excluding hydrogens is 417 g/mol. The summed E-state index contributed by atoms with van der Waals surface area (Å²) in [5.74, 6) is -0.197. The molecule has 0 heterocycles. The van der Waals surface area contributed by atoms with Crippen molar-refractivity contribution in [3.63, 3.8) is 0 Å². The number of rotatable bonds is 4. The molecule has 23 heavy (non-hydrogen) atoms. The van der Waals surface area contributed by atoms with Crippen LogP contribution in [0.3, 0.4) is 0 Å². The summed E-state index contributed by atoms with van der Waals surface area (Å²) in [7, 11) is -7.63. The SMILES string of the molecule is CC(C)(C)[Si](C)(C)OC1CCC(OS(=O)(=O)C(F)(F)F)=C(Br)C1. The summed E-state index contributed by atoms with van der Waals surface area (Å²) in [5, 5.41) is 0.0135. The van der Waals surface area contributed by atoms with Crippen molar-refractivity contribution >= 4 is 34.4 Å². The van der Waals surface area contributed by atoms with E-state index in [1.807, 2.05) is 0 Å². The predicted molar refractivity (Wildman–Crippen MR) is 87.9 cm³/mol. The summed E-state index contributed by atoms with van der Waals surface area (Å²) < 4.78 is 70.0. The molecule has 0 aliphatic heterocycles. The van der Waals surface area contributed by atoms with Gasteiger partial charge < -0.3 is 8.61 Å². The number of alkyl halides is 3. The van der Waals surface area contributed by atoms with Gasteiger partial charge in [0.2, 0.25) is 0 Å². The van der Waals surface area contributed by atoms with Crippen molar-refractivity contribution in [2.24, 2.45) is 0 Å². The molecule has 1 aliphatic carbocycles. The van der Waals surface area contributed by atoms with Gasteiger partial charge in [0.25, 0.3) is 0 Å². The Morgan fingerprint density at radius 1 is 1.22 bits per heavy atom. The molecule has 0 fully saturated rings. The highest BCUT2D eigenvalue weighted by atomic mass is 79.9. The van der Waals surface area contributed by atoms with E-state index in [0.29, 0.717) is 17.3 Å². The van der Waals surface area contributed by atoms with Crippen LogP contribution < -0.4 is 0 Å². The van der Waals surface area contributed by atoms with Crippen LogP contribution in [-0.4, -0.2) is 28.3 Å². The van der Waals surface area contributed by atoms with Crippen molar-refractivity contribution < 1.29 is 30.2 Å². The van der Waals surface area contributed by atoms with Crippen molar-refractivity contribution in [1.29, 1.82) is 0 Å². The standard InChI is InChI=1S/C13H22BrF3O4SSi/c1-12(2,3)23(4,5)21-9-6-7-11(10(14)8-9)20-22(18,19)13(15,16)17/h9H,6-8H2,1-5H3. The lowest BCUT2D eigenvalue weighted by Gasteiger charge is -2.40. The topological polar surface area (TPSA) is 52.6 Å². The van der Waals surface area contributed by atoms with E-state index in [1.54, 1.807) is 0 Å². The highest BCUT2D eigenvalue weighted by Crippen LogP contribution is 2.41. The van der Waals surface area contributed by atoms with Crippen LogP contribution in [0.4, 0.5) is 13.2 Å². The highest BCUT2D eigenvalue weighted by Gasteiger charge is 2.49. The zero-order chi connectivity index (χ0) is 18.3. The summed E-state index contributed by atoms with van der Waals surface area (Å²) in [6.45, 7) is 10.5. The molecule has 1 unspecified atom stereocenters. The summed E-state index contributed by atoms with van der Waals surface area (Å²) in [4.78, 5) is 0. The second-order valence-electron chi connectivity index (χ2n) is 7.05. The molecule has 0 spiro atoms. The Hall–Kier alpha value is -0.0631. The average Bonchev–Trinajstić information content (AvgIpc) is 2.29. The minimum Gasteiger partial charge on any atom is -0.414 e. The molecule has 0 saturated heterocycles. The van der Waals surface area contributed by atoms with Gasteiger partial charge in [0.05, 0.1) is 6.10 Å². The summed E-state index contributed by atoms with van der Waals surface area (Å²) >= 11 is 3.13. The van der Waals surface area contributed by atoms with Gasteiger partial charge in [0, 0.05) is 17.3 Å². The lowest BCUT2D eigenvalue weighted by molar-refractivity contribution is -0.0525. The molecule has 0 N–H and O–H groups in total. The highest BCUT2D eigenvalue weighted by molar-refractivity contribution is 9.11. The second kappa shape index (κ2) is 6.68. The normalized spacial score (nSPS) is 21.5. The van der Waals surface area contributed by atoms with Crippen LogP contribution in [0.1, 0.15) is 40.0 Å². The Bertz CT molecular complexity index is 579. The predicted octanol–water partition coefficient (Wildman–Crippen LogP) is 5.03. The first-order valence-corrected chi connectivity index (χ1v) is 12.2. The van der Waals surface area contributed by atoms with Crippen molar-refractivity contribution in [3.8, 4) is 0 Å². The van der Waals surface area contributed by atoms with Crippen molar-refractivity contribution in [2.75, 3.05) is 0 Å². The third-order valence-corrected chi connectivity index (χ3v) is 10.5. The van der Waals surface area contributed by atoms with E-state index >= 15 is 0 Å². The number of allylic oxidation sites excluding steroid dienone is 1. The average molecular weight is 439 g/mol. The van der Waals surface area contributed by atoms with Crippen LogP contribution in [0, 0.1) is 0 Å². The Morgan fingerprint density at radius 2 is 1.74 bits per heavy atom. The van der Waals surface area contributed by atoms with E-state index in [4.69, 9.17) is 4.43 Å². The molecule has 0 aromatic rings. The quantitative estimate of drug-likeness (QED) is 0.350. The van der Waals surface area contributed by atoms with Crippen LogP contribution in [0.15, 0.2) is 10.2 Å². The van der Waals surface area contributed by atoms with E-state index in [9.17, 15) is 21.6 Å². The largest absolute Gasteiger partial charge is 0.534 e. The molecular formula is C13H22BrF3O4SSi. The molecule has 0 amide bonds. The van der Waals surface area contributed by atoms with Crippen molar-refractivity contribution in [1.82, 2.24) is 0 Å². The van der Waals surface area contributed by atoms with Gasteiger partial charge in [-0.2, -0.15) is 21.6 Å². The molecule has 1 aliphatic rings. The van der Waals surface area contributed by atoms with Crippen LogP contribution in [0.25, 0.3) is 0 Å². The molecule has 4 nitrogen and oxygen atoms in total. The zero-order valence-electron chi connectivity index (χ0n) is 13.8. The third-order valence-electron chi connectivity index (χ3n) is 4.16. The van der Waals surface area contributed by atoms with Gasteiger partial charge >= 0.3 is 15.6 Å². The molecule has 0 aromatic heterocycles. The Morgan fingerprint density at radius 3 is 2.13 bits per heavy atom. The maximum absolute atomic E-state index is 12.4. The molecule has 0 aromatic carbocycles. The van der Waals surface area contributed by atoms with Gasteiger partial charge in [0.1, 0.15) is 5.76 Å².